The van der Waals surface area contributed by atoms with Crippen LogP contribution in [-0.4, -0.2) is 40.6 Å². The molecule has 4 aromatic heterocycles. The van der Waals surface area contributed by atoms with Crippen molar-refractivity contribution in [2.24, 2.45) is 0 Å². The molecule has 0 radical (unpaired) electrons. The lowest BCUT2D eigenvalue weighted by molar-refractivity contribution is 0.0915. The van der Waals surface area contributed by atoms with Gasteiger partial charge in [-0.1, -0.05) is 11.6 Å². The number of aromatic nitrogens is 2. The number of furan rings is 2. The number of fused-ring (bicyclic) bond motifs is 1. The molecule has 0 spiro atoms. The molecule has 1 atom stereocenters. The largest absolute Gasteiger partial charge is 0.468 e. The van der Waals surface area contributed by atoms with Crippen molar-refractivity contribution in [2.45, 2.75) is 46.1 Å². The molecule has 5 rings (SSSR count). The van der Waals surface area contributed by atoms with E-state index in [2.05, 4.69) is 20.4 Å². The highest BCUT2D eigenvalue weighted by atomic mass is 16.5. The first-order chi connectivity index (χ1) is 16.0. The topological polar surface area (TPSA) is 97.5 Å². The van der Waals surface area contributed by atoms with Gasteiger partial charge in [-0.2, -0.15) is 0 Å². The number of nitrogens with zero attached hydrogens (tertiary/aromatic N) is 3. The Hall–Kier alpha value is -3.39. The number of carbonyl (C=O) groups excluding carboxylic acids is 1. The summed E-state index contributed by atoms with van der Waals surface area (Å²) in [6.07, 6.45) is 5.24. The Morgan fingerprint density at radius 1 is 1.18 bits per heavy atom. The molecule has 1 saturated heterocycles. The molecule has 0 unspecified atom stereocenters. The fourth-order valence-electron chi connectivity index (χ4n) is 4.70. The van der Waals surface area contributed by atoms with Crippen LogP contribution in [0.15, 0.2) is 43.9 Å². The van der Waals surface area contributed by atoms with Crippen molar-refractivity contribution in [3.05, 3.63) is 59.1 Å². The fraction of sp³-hybridized carbons (Fsp3) is 0.400. The van der Waals surface area contributed by atoms with Gasteiger partial charge in [-0.25, -0.2) is 4.98 Å². The van der Waals surface area contributed by atoms with Gasteiger partial charge in [0.25, 0.3) is 11.6 Å². The monoisotopic (exact) mass is 448 g/mol. The first kappa shape index (κ1) is 21.5. The summed E-state index contributed by atoms with van der Waals surface area (Å²) in [6.45, 7) is 8.02. The lowest BCUT2D eigenvalue weighted by Gasteiger charge is -2.33. The maximum Gasteiger partial charge on any atom is 0.259 e. The summed E-state index contributed by atoms with van der Waals surface area (Å²) in [5, 5.41) is 7.80. The molecule has 5 heterocycles. The number of nitrogens with one attached hydrogen (secondary N) is 1. The summed E-state index contributed by atoms with van der Waals surface area (Å²) in [6, 6.07) is 7.56. The minimum absolute atomic E-state index is 0.0108. The Morgan fingerprint density at radius 2 is 2.00 bits per heavy atom. The van der Waals surface area contributed by atoms with Gasteiger partial charge in [0.15, 0.2) is 0 Å². The number of likely N-dealkylation sites (tertiary alicyclic amines) is 1. The molecule has 172 valence electrons. The first-order valence-electron chi connectivity index (χ1n) is 11.4. The van der Waals surface area contributed by atoms with Crippen molar-refractivity contribution in [1.29, 1.82) is 0 Å². The smallest absolute Gasteiger partial charge is 0.259 e. The van der Waals surface area contributed by atoms with Gasteiger partial charge >= 0.3 is 0 Å². The van der Waals surface area contributed by atoms with E-state index in [0.29, 0.717) is 34.6 Å². The predicted molar refractivity (Wildman–Crippen MR) is 123 cm³/mol. The normalized spacial score (nSPS) is 15.7. The molecule has 8 heteroatoms. The van der Waals surface area contributed by atoms with Crippen molar-refractivity contribution in [3.8, 4) is 11.3 Å². The number of amides is 1. The van der Waals surface area contributed by atoms with Gasteiger partial charge in [0, 0.05) is 12.1 Å². The van der Waals surface area contributed by atoms with E-state index >= 15 is 0 Å². The fourth-order valence-corrected chi connectivity index (χ4v) is 4.70. The summed E-state index contributed by atoms with van der Waals surface area (Å²) in [5.41, 5.74) is 2.92. The van der Waals surface area contributed by atoms with Gasteiger partial charge in [0.1, 0.15) is 17.3 Å². The van der Waals surface area contributed by atoms with Gasteiger partial charge < -0.3 is 18.7 Å². The molecule has 1 N–H and O–H groups in total. The van der Waals surface area contributed by atoms with Crippen LogP contribution in [0.2, 0.25) is 0 Å². The number of aryl methyl sites for hydroxylation is 3. The third-order valence-corrected chi connectivity index (χ3v) is 6.34. The molecule has 0 aromatic carbocycles. The van der Waals surface area contributed by atoms with E-state index < -0.39 is 0 Å². The van der Waals surface area contributed by atoms with Crippen LogP contribution in [0.3, 0.4) is 0 Å². The highest BCUT2D eigenvalue weighted by Crippen LogP contribution is 2.31. The summed E-state index contributed by atoms with van der Waals surface area (Å²) < 4.78 is 16.8. The van der Waals surface area contributed by atoms with E-state index in [4.69, 9.17) is 13.4 Å². The maximum atomic E-state index is 13.5. The van der Waals surface area contributed by atoms with Crippen molar-refractivity contribution in [1.82, 2.24) is 20.4 Å². The lowest BCUT2D eigenvalue weighted by Crippen LogP contribution is -2.40. The zero-order valence-electron chi connectivity index (χ0n) is 19.2. The summed E-state index contributed by atoms with van der Waals surface area (Å²) in [7, 11) is 0. The molecule has 1 fully saturated rings. The SMILES string of the molecule is Cc1cc(-c2cc(C(=O)NC[C@@H](c3ccco3)N3CCCCC3)c3c(C)noc3n2)c(C)o1. The van der Waals surface area contributed by atoms with Crippen LogP contribution < -0.4 is 5.32 Å². The molecule has 0 saturated carbocycles. The molecular formula is C25H28N4O4. The van der Waals surface area contributed by atoms with E-state index in [9.17, 15) is 4.79 Å². The zero-order valence-corrected chi connectivity index (χ0v) is 19.2. The molecule has 33 heavy (non-hydrogen) atoms. The Morgan fingerprint density at radius 3 is 2.70 bits per heavy atom. The third kappa shape index (κ3) is 4.18. The predicted octanol–water partition coefficient (Wildman–Crippen LogP) is 4.96. The summed E-state index contributed by atoms with van der Waals surface area (Å²) in [4.78, 5) is 20.4. The Balaban J connectivity index is 1.46. The molecule has 0 bridgehead atoms. The summed E-state index contributed by atoms with van der Waals surface area (Å²) >= 11 is 0. The van der Waals surface area contributed by atoms with Gasteiger partial charge in [0.05, 0.1) is 34.6 Å². The van der Waals surface area contributed by atoms with Gasteiger partial charge in [-0.15, -0.1) is 0 Å². The molecular weight excluding hydrogens is 420 g/mol. The lowest BCUT2D eigenvalue weighted by atomic mass is 10.0. The Labute approximate surface area is 191 Å². The molecule has 4 aromatic rings. The minimum Gasteiger partial charge on any atom is -0.468 e. The van der Waals surface area contributed by atoms with Gasteiger partial charge in [0.2, 0.25) is 0 Å². The van der Waals surface area contributed by atoms with Crippen LogP contribution in [0.25, 0.3) is 22.4 Å². The Kier molecular flexibility index (Phi) is 5.76. The van der Waals surface area contributed by atoms with Crippen molar-refractivity contribution in [2.75, 3.05) is 19.6 Å². The number of piperidine rings is 1. The number of rotatable bonds is 6. The third-order valence-electron chi connectivity index (χ3n) is 6.34. The van der Waals surface area contributed by atoms with E-state index in [1.54, 1.807) is 12.3 Å². The number of pyridine rings is 1. The van der Waals surface area contributed by atoms with Gasteiger partial charge in [-0.3, -0.25) is 9.69 Å². The zero-order chi connectivity index (χ0) is 22.9. The molecule has 0 aliphatic carbocycles. The Bertz CT molecular complexity index is 1270. The van der Waals surface area contributed by atoms with Crippen LogP contribution in [0.1, 0.15) is 58.6 Å². The second kappa shape index (κ2) is 8.86. The second-order valence-corrected chi connectivity index (χ2v) is 8.67. The molecule has 8 nitrogen and oxygen atoms in total. The first-order valence-corrected chi connectivity index (χ1v) is 11.4. The van der Waals surface area contributed by atoms with E-state index in [-0.39, 0.29) is 11.9 Å². The second-order valence-electron chi connectivity index (χ2n) is 8.67. The quantitative estimate of drug-likeness (QED) is 0.445. The van der Waals surface area contributed by atoms with E-state index in [1.807, 2.05) is 39.0 Å². The number of hydrogen-bond donors (Lipinski definition) is 1. The van der Waals surface area contributed by atoms with Crippen LogP contribution in [0.4, 0.5) is 0 Å². The van der Waals surface area contributed by atoms with Gasteiger partial charge in [-0.05, 0) is 71.0 Å². The van der Waals surface area contributed by atoms with Crippen LogP contribution in [0.5, 0.6) is 0 Å². The average Bonchev–Trinajstić information content (AvgIpc) is 3.55. The number of carbonyl (C=O) groups is 1. The maximum absolute atomic E-state index is 13.5. The van der Waals surface area contributed by atoms with Crippen molar-refractivity contribution < 1.29 is 18.2 Å². The highest BCUT2D eigenvalue weighted by molar-refractivity contribution is 6.07. The van der Waals surface area contributed by atoms with Crippen LogP contribution >= 0.6 is 0 Å². The molecule has 1 amide bonds. The minimum atomic E-state index is -0.193. The standard InChI is InChI=1S/C25H28N4O4/c1-15-12-18(17(3)32-15)20-13-19(23-16(2)28-33-25(23)27-20)24(30)26-14-21(22-8-7-11-31-22)29-9-5-4-6-10-29/h7-8,11-13,21H,4-6,9-10,14H2,1-3H3,(H,26,30)/t21-/m0/s1. The van der Waals surface area contributed by atoms with Crippen LogP contribution in [-0.2, 0) is 0 Å². The molecule has 1 aliphatic heterocycles. The summed E-state index contributed by atoms with van der Waals surface area (Å²) in [5.74, 6) is 2.20. The number of hydrogen-bond acceptors (Lipinski definition) is 7. The van der Waals surface area contributed by atoms with E-state index in [1.165, 1.54) is 6.42 Å². The molecule has 1 aliphatic rings. The average molecular weight is 449 g/mol. The van der Waals surface area contributed by atoms with E-state index in [0.717, 1.165) is 48.8 Å². The highest BCUT2D eigenvalue weighted by Gasteiger charge is 2.26. The van der Waals surface area contributed by atoms with Crippen molar-refractivity contribution in [3.63, 3.8) is 0 Å². The van der Waals surface area contributed by atoms with Crippen molar-refractivity contribution >= 4 is 17.0 Å². The van der Waals surface area contributed by atoms with Crippen LogP contribution in [0, 0.1) is 20.8 Å².